The highest BCUT2D eigenvalue weighted by atomic mass is 35.5. The maximum absolute atomic E-state index is 11.9. The standard InChI is InChI=1S/C19H27ClN2O3/c1-19(25,15-9-5-6-10-16(15)20)13-22-18(24)12-21-17(23)11-14-7-3-2-4-8-14/h5-6,9-10,14,25H,2-4,7-8,11-13H2,1H3,(H,21,23)(H,22,24). The predicted molar refractivity (Wildman–Crippen MR) is 98.2 cm³/mol. The second-order valence-corrected chi connectivity index (χ2v) is 7.42. The second-order valence-electron chi connectivity index (χ2n) is 7.02. The van der Waals surface area contributed by atoms with Crippen LogP contribution in [0.15, 0.2) is 24.3 Å². The number of carbonyl (C=O) groups is 2. The molecule has 25 heavy (non-hydrogen) atoms. The Morgan fingerprint density at radius 3 is 2.52 bits per heavy atom. The fourth-order valence-electron chi connectivity index (χ4n) is 3.23. The van der Waals surface area contributed by atoms with E-state index in [2.05, 4.69) is 10.6 Å². The number of halogens is 1. The first-order valence-corrected chi connectivity index (χ1v) is 9.27. The summed E-state index contributed by atoms with van der Waals surface area (Å²) in [5.41, 5.74) is -0.724. The molecule has 2 amide bonds. The minimum atomic E-state index is -1.28. The minimum absolute atomic E-state index is 0.0219. The average Bonchev–Trinajstić information content (AvgIpc) is 2.59. The first-order valence-electron chi connectivity index (χ1n) is 8.89. The van der Waals surface area contributed by atoms with Crippen molar-refractivity contribution in [3.8, 4) is 0 Å². The van der Waals surface area contributed by atoms with Gasteiger partial charge in [-0.3, -0.25) is 9.59 Å². The quantitative estimate of drug-likeness (QED) is 0.694. The van der Waals surface area contributed by atoms with E-state index in [1.54, 1.807) is 31.2 Å². The molecule has 0 spiro atoms. The van der Waals surface area contributed by atoms with E-state index in [0.717, 1.165) is 12.8 Å². The van der Waals surface area contributed by atoms with Crippen molar-refractivity contribution in [1.29, 1.82) is 0 Å². The molecule has 1 unspecified atom stereocenters. The van der Waals surface area contributed by atoms with Crippen molar-refractivity contribution in [2.45, 2.75) is 51.0 Å². The van der Waals surface area contributed by atoms with Gasteiger partial charge in [0, 0.05) is 17.0 Å². The van der Waals surface area contributed by atoms with E-state index in [4.69, 9.17) is 11.6 Å². The van der Waals surface area contributed by atoms with E-state index in [9.17, 15) is 14.7 Å². The third-order valence-electron chi connectivity index (χ3n) is 4.73. The summed E-state index contributed by atoms with van der Waals surface area (Å²) in [5.74, 6) is 0.0296. The maximum atomic E-state index is 11.9. The van der Waals surface area contributed by atoms with Crippen molar-refractivity contribution in [1.82, 2.24) is 10.6 Å². The lowest BCUT2D eigenvalue weighted by Crippen LogP contribution is -2.43. The van der Waals surface area contributed by atoms with Crippen LogP contribution in [0.1, 0.15) is 51.0 Å². The Kier molecular flexibility index (Phi) is 7.26. The number of hydrogen-bond acceptors (Lipinski definition) is 3. The van der Waals surface area contributed by atoms with Crippen LogP contribution in [-0.2, 0) is 15.2 Å². The number of benzene rings is 1. The topological polar surface area (TPSA) is 78.4 Å². The maximum Gasteiger partial charge on any atom is 0.239 e. The molecule has 1 saturated carbocycles. The minimum Gasteiger partial charge on any atom is -0.384 e. The van der Waals surface area contributed by atoms with Crippen molar-refractivity contribution in [3.05, 3.63) is 34.9 Å². The second kappa shape index (κ2) is 9.20. The van der Waals surface area contributed by atoms with Gasteiger partial charge in [-0.05, 0) is 31.7 Å². The summed E-state index contributed by atoms with van der Waals surface area (Å²) in [7, 11) is 0. The van der Waals surface area contributed by atoms with Gasteiger partial charge >= 0.3 is 0 Å². The number of amides is 2. The van der Waals surface area contributed by atoms with Crippen LogP contribution >= 0.6 is 11.6 Å². The van der Waals surface area contributed by atoms with Crippen LogP contribution in [0, 0.1) is 5.92 Å². The lowest BCUT2D eigenvalue weighted by Gasteiger charge is -2.25. The zero-order valence-electron chi connectivity index (χ0n) is 14.7. The summed E-state index contributed by atoms with van der Waals surface area (Å²) in [6.45, 7) is 1.54. The van der Waals surface area contributed by atoms with Gasteiger partial charge in [0.15, 0.2) is 0 Å². The van der Waals surface area contributed by atoms with Gasteiger partial charge in [-0.15, -0.1) is 0 Å². The van der Waals surface area contributed by atoms with Gasteiger partial charge in [-0.25, -0.2) is 0 Å². The fourth-order valence-corrected chi connectivity index (χ4v) is 3.57. The van der Waals surface area contributed by atoms with Crippen LogP contribution in [0.4, 0.5) is 0 Å². The van der Waals surface area contributed by atoms with Crippen LogP contribution in [0.25, 0.3) is 0 Å². The Bertz CT molecular complexity index is 598. The summed E-state index contributed by atoms with van der Waals surface area (Å²) in [5, 5.41) is 16.3. The highest BCUT2D eigenvalue weighted by Crippen LogP contribution is 2.27. The highest BCUT2D eigenvalue weighted by Gasteiger charge is 2.26. The van der Waals surface area contributed by atoms with E-state index in [1.165, 1.54) is 19.3 Å². The van der Waals surface area contributed by atoms with Gasteiger partial charge in [0.25, 0.3) is 0 Å². The Morgan fingerprint density at radius 1 is 1.16 bits per heavy atom. The molecule has 2 rings (SSSR count). The first-order chi connectivity index (χ1) is 11.9. The van der Waals surface area contributed by atoms with Gasteiger partial charge in [0.05, 0.1) is 13.1 Å². The fraction of sp³-hybridized carbons (Fsp3) is 0.579. The third kappa shape index (κ3) is 6.33. The monoisotopic (exact) mass is 366 g/mol. The van der Waals surface area contributed by atoms with Crippen molar-refractivity contribution in [2.75, 3.05) is 13.1 Å². The summed E-state index contributed by atoms with van der Waals surface area (Å²) in [6, 6.07) is 6.98. The van der Waals surface area contributed by atoms with E-state index >= 15 is 0 Å². The van der Waals surface area contributed by atoms with E-state index < -0.39 is 5.60 Å². The smallest absolute Gasteiger partial charge is 0.239 e. The normalized spacial score (nSPS) is 17.6. The number of aliphatic hydroxyl groups is 1. The summed E-state index contributed by atoms with van der Waals surface area (Å²) in [6.07, 6.45) is 6.32. The van der Waals surface area contributed by atoms with Crippen molar-refractivity contribution < 1.29 is 14.7 Å². The van der Waals surface area contributed by atoms with E-state index in [1.807, 2.05) is 0 Å². The predicted octanol–water partition coefficient (Wildman–Crippen LogP) is 2.75. The van der Waals surface area contributed by atoms with Crippen molar-refractivity contribution >= 4 is 23.4 Å². The zero-order valence-corrected chi connectivity index (χ0v) is 15.4. The Labute approximate surface area is 154 Å². The highest BCUT2D eigenvalue weighted by molar-refractivity contribution is 6.31. The van der Waals surface area contributed by atoms with E-state index in [0.29, 0.717) is 22.9 Å². The van der Waals surface area contributed by atoms with E-state index in [-0.39, 0.29) is 24.9 Å². The first kappa shape index (κ1) is 19.7. The van der Waals surface area contributed by atoms with Crippen molar-refractivity contribution in [2.24, 2.45) is 5.92 Å². The summed E-state index contributed by atoms with van der Waals surface area (Å²) < 4.78 is 0. The molecule has 1 atom stereocenters. The van der Waals surface area contributed by atoms with Gasteiger partial charge < -0.3 is 15.7 Å². The Balaban J connectivity index is 1.72. The molecule has 0 aromatic heterocycles. The van der Waals surface area contributed by atoms with Gasteiger partial charge in [-0.2, -0.15) is 0 Å². The van der Waals surface area contributed by atoms with Crippen LogP contribution in [0.2, 0.25) is 5.02 Å². The summed E-state index contributed by atoms with van der Waals surface area (Å²) >= 11 is 6.09. The molecular weight excluding hydrogens is 340 g/mol. The molecule has 5 nitrogen and oxygen atoms in total. The van der Waals surface area contributed by atoms with Crippen molar-refractivity contribution in [3.63, 3.8) is 0 Å². The third-order valence-corrected chi connectivity index (χ3v) is 5.06. The van der Waals surface area contributed by atoms with Crippen LogP contribution in [0.3, 0.4) is 0 Å². The Morgan fingerprint density at radius 2 is 1.84 bits per heavy atom. The SMILES string of the molecule is CC(O)(CNC(=O)CNC(=O)CC1CCCCC1)c1ccccc1Cl. The molecule has 1 aliphatic rings. The number of hydrogen-bond donors (Lipinski definition) is 3. The number of carbonyl (C=O) groups excluding carboxylic acids is 2. The molecule has 138 valence electrons. The molecule has 6 heteroatoms. The molecule has 0 heterocycles. The van der Waals surface area contributed by atoms with Crippen LogP contribution < -0.4 is 10.6 Å². The van der Waals surface area contributed by atoms with Gasteiger partial charge in [-0.1, -0.05) is 49.1 Å². The van der Waals surface area contributed by atoms with Crippen LogP contribution in [-0.4, -0.2) is 30.0 Å². The molecule has 0 bridgehead atoms. The molecule has 3 N–H and O–H groups in total. The molecule has 0 saturated heterocycles. The lowest BCUT2D eigenvalue weighted by atomic mass is 9.87. The molecule has 0 radical (unpaired) electrons. The molecule has 1 fully saturated rings. The molecule has 1 aromatic carbocycles. The lowest BCUT2D eigenvalue weighted by molar-refractivity contribution is -0.127. The van der Waals surface area contributed by atoms with Gasteiger partial charge in [0.2, 0.25) is 11.8 Å². The largest absolute Gasteiger partial charge is 0.384 e. The molecule has 0 aliphatic heterocycles. The molecule has 1 aliphatic carbocycles. The average molecular weight is 367 g/mol. The molecule has 1 aromatic rings. The summed E-state index contributed by atoms with van der Waals surface area (Å²) in [4.78, 5) is 23.9. The van der Waals surface area contributed by atoms with Crippen LogP contribution in [0.5, 0.6) is 0 Å². The zero-order chi connectivity index (χ0) is 18.3. The van der Waals surface area contributed by atoms with Gasteiger partial charge in [0.1, 0.15) is 5.60 Å². The number of rotatable bonds is 7. The number of nitrogens with one attached hydrogen (secondary N) is 2. The Hall–Kier alpha value is -1.59. The molecular formula is C19H27ClN2O3.